The zero-order chi connectivity index (χ0) is 27.6. The van der Waals surface area contributed by atoms with Crippen LogP contribution >= 0.6 is 0 Å². The molecule has 4 aromatic rings. The molecule has 0 atom stereocenters. The number of rotatable bonds is 9. The molecule has 0 aliphatic carbocycles. The summed E-state index contributed by atoms with van der Waals surface area (Å²) in [6, 6.07) is 16.8. The molecule has 0 bridgehead atoms. The first-order valence-corrected chi connectivity index (χ1v) is 13.6. The van der Waals surface area contributed by atoms with Gasteiger partial charge in [0.25, 0.3) is 0 Å². The van der Waals surface area contributed by atoms with Crippen molar-refractivity contribution in [3.05, 3.63) is 67.4 Å². The Morgan fingerprint density at radius 1 is 0.923 bits per heavy atom. The zero-order valence-corrected chi connectivity index (χ0v) is 23.6. The van der Waals surface area contributed by atoms with E-state index in [4.69, 9.17) is 9.97 Å². The summed E-state index contributed by atoms with van der Waals surface area (Å²) in [6.45, 7) is 16.6. The number of anilines is 6. The molecule has 9 nitrogen and oxygen atoms in total. The lowest BCUT2D eigenvalue weighted by Crippen LogP contribution is -2.44. The van der Waals surface area contributed by atoms with Crippen molar-refractivity contribution >= 4 is 45.8 Å². The molecule has 39 heavy (non-hydrogen) atoms. The van der Waals surface area contributed by atoms with Gasteiger partial charge in [-0.1, -0.05) is 12.1 Å². The van der Waals surface area contributed by atoms with Crippen LogP contribution in [0.2, 0.25) is 0 Å². The van der Waals surface area contributed by atoms with Crippen LogP contribution in [0.1, 0.15) is 33.7 Å². The van der Waals surface area contributed by atoms with Crippen LogP contribution in [-0.4, -0.2) is 63.2 Å². The molecular formula is C30H39N9. The van der Waals surface area contributed by atoms with Gasteiger partial charge in [0, 0.05) is 60.5 Å². The van der Waals surface area contributed by atoms with E-state index in [9.17, 15) is 0 Å². The molecule has 204 valence electrons. The molecule has 1 fully saturated rings. The third-order valence-electron chi connectivity index (χ3n) is 7.04. The van der Waals surface area contributed by atoms with Crippen molar-refractivity contribution in [1.29, 1.82) is 0 Å². The Labute approximate surface area is 231 Å². The summed E-state index contributed by atoms with van der Waals surface area (Å²) in [5, 5.41) is 10.3. The van der Waals surface area contributed by atoms with Crippen molar-refractivity contribution in [2.75, 3.05) is 54.1 Å². The highest BCUT2D eigenvalue weighted by atomic mass is 15.3. The Morgan fingerprint density at radius 3 is 2.33 bits per heavy atom. The number of hydrogen-bond donors (Lipinski definition) is 3. The molecular weight excluding hydrogens is 486 g/mol. The van der Waals surface area contributed by atoms with Crippen molar-refractivity contribution in [2.24, 2.45) is 0 Å². The van der Waals surface area contributed by atoms with Crippen molar-refractivity contribution in [3.63, 3.8) is 0 Å². The van der Waals surface area contributed by atoms with Gasteiger partial charge in [0.15, 0.2) is 5.65 Å². The van der Waals surface area contributed by atoms with Crippen LogP contribution in [0.15, 0.2) is 67.4 Å². The summed E-state index contributed by atoms with van der Waals surface area (Å²) < 4.78 is 2.10. The normalized spacial score (nSPS) is 14.6. The number of benzene rings is 2. The summed E-state index contributed by atoms with van der Waals surface area (Å²) in [5.74, 6) is 1.27. The summed E-state index contributed by atoms with van der Waals surface area (Å²) in [7, 11) is 2.17. The first kappa shape index (κ1) is 26.5. The minimum absolute atomic E-state index is 0.143. The van der Waals surface area contributed by atoms with Gasteiger partial charge in [-0.05, 0) is 77.2 Å². The minimum Gasteiger partial charge on any atom is -0.377 e. The lowest BCUT2D eigenvalue weighted by Gasteiger charge is -2.34. The zero-order valence-electron chi connectivity index (χ0n) is 23.6. The maximum Gasteiger partial charge on any atom is 0.229 e. The van der Waals surface area contributed by atoms with Crippen molar-refractivity contribution < 1.29 is 0 Å². The predicted molar refractivity (Wildman–Crippen MR) is 163 cm³/mol. The Kier molecular flexibility index (Phi) is 7.43. The fraction of sp³-hybridized carbons (Fsp3) is 0.367. The topological polar surface area (TPSA) is 86.2 Å². The van der Waals surface area contributed by atoms with Gasteiger partial charge in [-0.3, -0.25) is 4.57 Å². The standard InChI is InChI=1S/C30H39N9/c1-7-30(4,5)36-24-10-8-9-23(19-24)33-29-34-26-20-31-28(35-27(26)39(29)21(2)3)32-22-11-13-25(14-12-22)38-17-15-37(6)16-18-38/h7-14,19-21,36H,1,15-18H2,2-6H3,(H,33,34)(H,31,32,35). The lowest BCUT2D eigenvalue weighted by atomic mass is 10.1. The van der Waals surface area contributed by atoms with E-state index in [-0.39, 0.29) is 11.6 Å². The van der Waals surface area contributed by atoms with Crippen molar-refractivity contribution in [1.82, 2.24) is 24.4 Å². The van der Waals surface area contributed by atoms with E-state index in [2.05, 4.69) is 107 Å². The first-order valence-electron chi connectivity index (χ1n) is 13.6. The fourth-order valence-corrected chi connectivity index (χ4v) is 4.70. The van der Waals surface area contributed by atoms with Crippen molar-refractivity contribution in [3.8, 4) is 0 Å². The molecule has 3 N–H and O–H groups in total. The maximum absolute atomic E-state index is 4.85. The van der Waals surface area contributed by atoms with Gasteiger partial charge in [0.2, 0.25) is 11.9 Å². The van der Waals surface area contributed by atoms with Crippen molar-refractivity contribution in [2.45, 2.75) is 39.3 Å². The molecule has 2 aromatic carbocycles. The molecule has 0 radical (unpaired) electrons. The van der Waals surface area contributed by atoms with E-state index in [0.29, 0.717) is 5.95 Å². The average molecular weight is 526 g/mol. The molecule has 3 heterocycles. The van der Waals surface area contributed by atoms with Crippen LogP contribution in [-0.2, 0) is 0 Å². The number of piperazine rings is 1. The number of nitrogens with zero attached hydrogens (tertiary/aromatic N) is 6. The highest BCUT2D eigenvalue weighted by molar-refractivity contribution is 5.77. The number of nitrogens with one attached hydrogen (secondary N) is 3. The number of likely N-dealkylation sites (N-methyl/N-ethyl adjacent to an activating group) is 1. The Hall–Kier alpha value is -4.11. The third kappa shape index (κ3) is 6.15. The van der Waals surface area contributed by atoms with Gasteiger partial charge >= 0.3 is 0 Å². The number of imidazole rings is 1. The van der Waals surface area contributed by atoms with Gasteiger partial charge < -0.3 is 25.8 Å². The molecule has 0 spiro atoms. The fourth-order valence-electron chi connectivity index (χ4n) is 4.70. The van der Waals surface area contributed by atoms with Crippen LogP contribution in [0.25, 0.3) is 11.2 Å². The molecule has 2 aromatic heterocycles. The van der Waals surface area contributed by atoms with Crippen LogP contribution < -0.4 is 20.9 Å². The summed E-state index contributed by atoms with van der Waals surface area (Å²) in [4.78, 5) is 19.0. The molecule has 1 aliphatic heterocycles. The number of fused-ring (bicyclic) bond motifs is 1. The third-order valence-corrected chi connectivity index (χ3v) is 7.04. The second-order valence-electron chi connectivity index (χ2n) is 11.0. The van der Waals surface area contributed by atoms with Crippen LogP contribution in [0.4, 0.5) is 34.6 Å². The van der Waals surface area contributed by atoms with Gasteiger partial charge in [-0.25, -0.2) is 9.97 Å². The average Bonchev–Trinajstić information content (AvgIpc) is 3.27. The van der Waals surface area contributed by atoms with Gasteiger partial charge in [-0.2, -0.15) is 4.98 Å². The molecule has 0 saturated carbocycles. The van der Waals surface area contributed by atoms with E-state index in [1.54, 1.807) is 6.20 Å². The Morgan fingerprint density at radius 2 is 1.64 bits per heavy atom. The summed E-state index contributed by atoms with van der Waals surface area (Å²) >= 11 is 0. The van der Waals surface area contributed by atoms with E-state index in [1.165, 1.54) is 5.69 Å². The smallest absolute Gasteiger partial charge is 0.229 e. The first-order chi connectivity index (χ1) is 18.7. The van der Waals surface area contributed by atoms with E-state index < -0.39 is 0 Å². The lowest BCUT2D eigenvalue weighted by molar-refractivity contribution is 0.313. The second-order valence-corrected chi connectivity index (χ2v) is 11.0. The molecule has 1 saturated heterocycles. The molecule has 1 aliphatic rings. The van der Waals surface area contributed by atoms with Gasteiger partial charge in [0.05, 0.1) is 6.20 Å². The van der Waals surface area contributed by atoms with Crippen LogP contribution in [0, 0.1) is 0 Å². The highest BCUT2D eigenvalue weighted by Gasteiger charge is 2.18. The Balaban J connectivity index is 1.35. The van der Waals surface area contributed by atoms with E-state index in [1.807, 2.05) is 24.3 Å². The highest BCUT2D eigenvalue weighted by Crippen LogP contribution is 2.28. The summed E-state index contributed by atoms with van der Waals surface area (Å²) in [6.07, 6.45) is 3.68. The Bertz CT molecular complexity index is 1430. The summed E-state index contributed by atoms with van der Waals surface area (Å²) in [5.41, 5.74) is 5.43. The van der Waals surface area contributed by atoms with Gasteiger partial charge in [0.1, 0.15) is 5.52 Å². The molecule has 0 unspecified atom stereocenters. The minimum atomic E-state index is -0.215. The number of hydrogen-bond acceptors (Lipinski definition) is 8. The molecule has 0 amide bonds. The predicted octanol–water partition coefficient (Wildman–Crippen LogP) is 6.02. The van der Waals surface area contributed by atoms with Crippen LogP contribution in [0.3, 0.4) is 0 Å². The largest absolute Gasteiger partial charge is 0.377 e. The van der Waals surface area contributed by atoms with E-state index >= 15 is 0 Å². The quantitative estimate of drug-likeness (QED) is 0.229. The monoisotopic (exact) mass is 525 g/mol. The van der Waals surface area contributed by atoms with Crippen LogP contribution in [0.5, 0.6) is 0 Å². The number of aromatic nitrogens is 4. The molecule has 9 heteroatoms. The molecule has 5 rings (SSSR count). The SMILES string of the molecule is C=CC(C)(C)Nc1cccc(Nc2nc3cnc(Nc4ccc(N5CCN(C)CC5)cc4)nc3n2C(C)C)c1. The van der Waals surface area contributed by atoms with E-state index in [0.717, 1.165) is 60.4 Å². The maximum atomic E-state index is 4.85. The van der Waals surface area contributed by atoms with Gasteiger partial charge in [-0.15, -0.1) is 6.58 Å². The second kappa shape index (κ2) is 10.9.